The van der Waals surface area contributed by atoms with Gasteiger partial charge in [0.1, 0.15) is 17.6 Å². The molecule has 0 saturated carbocycles. The number of benzene rings is 2. The second-order valence-electron chi connectivity index (χ2n) is 7.88. The van der Waals surface area contributed by atoms with Gasteiger partial charge in [0, 0.05) is 18.1 Å². The summed E-state index contributed by atoms with van der Waals surface area (Å²) in [6, 6.07) is 8.82. The molecular weight excluding hydrogens is 431 g/mol. The molecular formula is C25H32ClFN2O3. The van der Waals surface area contributed by atoms with E-state index in [9.17, 15) is 14.0 Å². The van der Waals surface area contributed by atoms with Crippen molar-refractivity contribution in [2.24, 2.45) is 0 Å². The van der Waals surface area contributed by atoms with E-state index in [1.165, 1.54) is 17.0 Å². The van der Waals surface area contributed by atoms with Crippen LogP contribution in [0.25, 0.3) is 0 Å². The average Bonchev–Trinajstić information content (AvgIpc) is 2.77. The van der Waals surface area contributed by atoms with Gasteiger partial charge in [0.05, 0.1) is 0 Å². The summed E-state index contributed by atoms with van der Waals surface area (Å²) in [6.07, 6.45) is 2.28. The van der Waals surface area contributed by atoms with Crippen molar-refractivity contribution >= 4 is 23.4 Å². The number of halogens is 2. The van der Waals surface area contributed by atoms with Crippen LogP contribution >= 0.6 is 11.6 Å². The maximum atomic E-state index is 13.3. The lowest BCUT2D eigenvalue weighted by molar-refractivity contribution is -0.143. The molecule has 0 aliphatic carbocycles. The van der Waals surface area contributed by atoms with Gasteiger partial charge in [-0.25, -0.2) is 4.39 Å². The average molecular weight is 463 g/mol. The maximum Gasteiger partial charge on any atom is 0.261 e. The topological polar surface area (TPSA) is 58.6 Å². The highest BCUT2D eigenvalue weighted by Crippen LogP contribution is 2.26. The Morgan fingerprint density at radius 3 is 2.31 bits per heavy atom. The molecule has 0 aliphatic rings. The van der Waals surface area contributed by atoms with Gasteiger partial charge in [0.15, 0.2) is 6.61 Å². The van der Waals surface area contributed by atoms with E-state index in [0.717, 1.165) is 29.5 Å². The molecule has 0 aliphatic heterocycles. The van der Waals surface area contributed by atoms with Crippen molar-refractivity contribution in [2.75, 3.05) is 13.2 Å². The predicted octanol–water partition coefficient (Wildman–Crippen LogP) is 5.20. The molecule has 174 valence electrons. The number of amides is 2. The smallest absolute Gasteiger partial charge is 0.261 e. The van der Waals surface area contributed by atoms with Gasteiger partial charge in [0.25, 0.3) is 5.91 Å². The summed E-state index contributed by atoms with van der Waals surface area (Å²) >= 11 is 6.21. The molecule has 2 aromatic rings. The van der Waals surface area contributed by atoms with Gasteiger partial charge in [-0.1, -0.05) is 44.0 Å². The van der Waals surface area contributed by atoms with Gasteiger partial charge >= 0.3 is 0 Å². The first-order valence-electron chi connectivity index (χ1n) is 11.0. The Kier molecular flexibility index (Phi) is 9.97. The normalized spacial score (nSPS) is 11.7. The largest absolute Gasteiger partial charge is 0.484 e. The lowest BCUT2D eigenvalue weighted by atomic mass is 10.1. The molecule has 0 bridgehead atoms. The molecule has 7 heteroatoms. The molecule has 0 fully saturated rings. The molecule has 0 radical (unpaired) electrons. The first-order valence-corrected chi connectivity index (χ1v) is 11.4. The van der Waals surface area contributed by atoms with Crippen molar-refractivity contribution in [3.05, 3.63) is 63.9 Å². The third-order valence-corrected chi connectivity index (χ3v) is 5.85. The van der Waals surface area contributed by atoms with Crippen LogP contribution in [0, 0.1) is 19.7 Å². The van der Waals surface area contributed by atoms with Gasteiger partial charge in [0.2, 0.25) is 5.91 Å². The summed E-state index contributed by atoms with van der Waals surface area (Å²) in [5.74, 6) is -0.334. The van der Waals surface area contributed by atoms with Gasteiger partial charge in [-0.3, -0.25) is 9.59 Å². The fourth-order valence-corrected chi connectivity index (χ4v) is 3.54. The van der Waals surface area contributed by atoms with Crippen molar-refractivity contribution in [1.29, 1.82) is 0 Å². The lowest BCUT2D eigenvalue weighted by Gasteiger charge is -2.30. The van der Waals surface area contributed by atoms with Crippen molar-refractivity contribution < 1.29 is 18.7 Å². The van der Waals surface area contributed by atoms with Gasteiger partial charge in [-0.2, -0.15) is 0 Å². The molecule has 0 spiro atoms. The van der Waals surface area contributed by atoms with E-state index in [4.69, 9.17) is 16.3 Å². The Bertz CT molecular complexity index is 895. The van der Waals surface area contributed by atoms with E-state index in [2.05, 4.69) is 5.32 Å². The third kappa shape index (κ3) is 7.23. The first kappa shape index (κ1) is 25.7. The number of hydrogen-bond donors (Lipinski definition) is 1. The highest BCUT2D eigenvalue weighted by molar-refractivity contribution is 6.32. The minimum absolute atomic E-state index is 0.181. The van der Waals surface area contributed by atoms with Crippen LogP contribution in [0.15, 0.2) is 36.4 Å². The third-order valence-electron chi connectivity index (χ3n) is 5.25. The zero-order valence-electron chi connectivity index (χ0n) is 19.2. The van der Waals surface area contributed by atoms with Gasteiger partial charge in [-0.05, 0) is 67.6 Å². The number of ether oxygens (including phenoxy) is 1. The van der Waals surface area contributed by atoms with E-state index in [1.54, 1.807) is 24.3 Å². The van der Waals surface area contributed by atoms with E-state index >= 15 is 0 Å². The minimum Gasteiger partial charge on any atom is -0.484 e. The van der Waals surface area contributed by atoms with Crippen LogP contribution in [0.2, 0.25) is 5.02 Å². The molecule has 2 amide bonds. The maximum absolute atomic E-state index is 13.3. The van der Waals surface area contributed by atoms with E-state index in [0.29, 0.717) is 23.7 Å². The van der Waals surface area contributed by atoms with Gasteiger partial charge < -0.3 is 15.0 Å². The molecule has 2 aromatic carbocycles. The number of nitrogens with one attached hydrogen (secondary N) is 1. The summed E-state index contributed by atoms with van der Waals surface area (Å²) in [4.78, 5) is 27.5. The highest BCUT2D eigenvalue weighted by atomic mass is 35.5. The van der Waals surface area contributed by atoms with Crippen LogP contribution in [-0.2, 0) is 16.1 Å². The van der Waals surface area contributed by atoms with Crippen molar-refractivity contribution in [3.63, 3.8) is 0 Å². The van der Waals surface area contributed by atoms with Gasteiger partial charge in [-0.15, -0.1) is 0 Å². The number of carbonyl (C=O) groups is 2. The van der Waals surface area contributed by atoms with E-state index in [1.807, 2.05) is 27.7 Å². The molecule has 32 heavy (non-hydrogen) atoms. The van der Waals surface area contributed by atoms with Crippen LogP contribution < -0.4 is 10.1 Å². The van der Waals surface area contributed by atoms with Crippen molar-refractivity contribution in [2.45, 2.75) is 59.5 Å². The summed E-state index contributed by atoms with van der Waals surface area (Å²) in [7, 11) is 0. The number of nitrogens with zero attached hydrogens (tertiary/aromatic N) is 1. The molecule has 0 aromatic heterocycles. The van der Waals surface area contributed by atoms with Crippen LogP contribution in [0.4, 0.5) is 4.39 Å². The Morgan fingerprint density at radius 1 is 1.12 bits per heavy atom. The second kappa shape index (κ2) is 12.4. The minimum atomic E-state index is -0.651. The van der Waals surface area contributed by atoms with E-state index < -0.39 is 6.04 Å². The molecule has 5 nitrogen and oxygen atoms in total. The predicted molar refractivity (Wildman–Crippen MR) is 125 cm³/mol. The summed E-state index contributed by atoms with van der Waals surface area (Å²) in [5, 5.41) is 3.57. The Morgan fingerprint density at radius 2 is 1.75 bits per heavy atom. The van der Waals surface area contributed by atoms with Crippen molar-refractivity contribution in [3.8, 4) is 5.75 Å². The number of carbonyl (C=O) groups excluding carboxylic acids is 2. The fourth-order valence-electron chi connectivity index (χ4n) is 3.43. The summed E-state index contributed by atoms with van der Waals surface area (Å²) in [5.41, 5.74) is 2.45. The number of unbranched alkanes of at least 4 members (excludes halogenated alkanes) is 1. The van der Waals surface area contributed by atoms with Crippen LogP contribution in [0.5, 0.6) is 5.75 Å². The zero-order chi connectivity index (χ0) is 23.7. The molecule has 1 atom stereocenters. The van der Waals surface area contributed by atoms with Crippen LogP contribution in [0.1, 0.15) is 49.8 Å². The first-order chi connectivity index (χ1) is 15.3. The molecule has 0 saturated heterocycles. The van der Waals surface area contributed by atoms with Crippen LogP contribution in [-0.4, -0.2) is 35.9 Å². The fraction of sp³-hybridized carbons (Fsp3) is 0.440. The monoisotopic (exact) mass is 462 g/mol. The Hall–Kier alpha value is -2.60. The molecule has 2 rings (SSSR count). The lowest BCUT2D eigenvalue weighted by Crippen LogP contribution is -2.50. The van der Waals surface area contributed by atoms with Crippen LogP contribution in [0.3, 0.4) is 0 Å². The standard InChI is InChI=1S/C25H32ClFN2O3/c1-5-7-12-28-25(31)22(6-2)29(15-19-8-10-20(27)11-9-19)23(30)16-32-21-13-17(3)24(26)18(4)14-21/h8-11,13-14,22H,5-7,12,15-16H2,1-4H3,(H,28,31)/t22-/m0/s1. The Balaban J connectivity index is 2.20. The zero-order valence-corrected chi connectivity index (χ0v) is 20.0. The summed E-state index contributed by atoms with van der Waals surface area (Å²) < 4.78 is 19.1. The molecule has 0 unspecified atom stereocenters. The highest BCUT2D eigenvalue weighted by Gasteiger charge is 2.28. The van der Waals surface area contributed by atoms with E-state index in [-0.39, 0.29) is 30.8 Å². The Labute approximate surface area is 194 Å². The number of hydrogen-bond acceptors (Lipinski definition) is 3. The molecule has 1 N–H and O–H groups in total. The second-order valence-corrected chi connectivity index (χ2v) is 8.25. The van der Waals surface area contributed by atoms with Crippen molar-refractivity contribution in [1.82, 2.24) is 10.2 Å². The number of rotatable bonds is 11. The quantitative estimate of drug-likeness (QED) is 0.467. The SMILES string of the molecule is CCCCNC(=O)[C@H](CC)N(Cc1ccc(F)cc1)C(=O)COc1cc(C)c(Cl)c(C)c1. The number of aryl methyl sites for hydroxylation is 2. The summed E-state index contributed by atoms with van der Waals surface area (Å²) in [6.45, 7) is 8.18. The molecule has 0 heterocycles.